The van der Waals surface area contributed by atoms with Gasteiger partial charge in [-0.2, -0.15) is 0 Å². The van der Waals surface area contributed by atoms with Crippen molar-refractivity contribution in [1.82, 2.24) is 5.32 Å². The molecule has 0 saturated carbocycles. The van der Waals surface area contributed by atoms with Crippen LogP contribution in [0, 0.1) is 6.92 Å². The highest BCUT2D eigenvalue weighted by atomic mass is 16.5. The molecule has 6 nitrogen and oxygen atoms in total. The number of hydrogen-bond acceptors (Lipinski definition) is 4. The van der Waals surface area contributed by atoms with E-state index in [0.29, 0.717) is 28.1 Å². The Morgan fingerprint density at radius 3 is 2.00 bits per heavy atom. The van der Waals surface area contributed by atoms with Crippen LogP contribution in [-0.2, 0) is 4.79 Å². The van der Waals surface area contributed by atoms with Gasteiger partial charge < -0.3 is 15.4 Å². The van der Waals surface area contributed by atoms with Gasteiger partial charge in [0.2, 0.25) is 0 Å². The van der Waals surface area contributed by atoms with Crippen LogP contribution in [-0.4, -0.2) is 24.7 Å². The number of ketones is 1. The van der Waals surface area contributed by atoms with Crippen LogP contribution in [0.2, 0.25) is 0 Å². The minimum atomic E-state index is -0.506. The molecule has 6 heteroatoms. The fourth-order valence-corrected chi connectivity index (χ4v) is 3.67. The predicted molar refractivity (Wildman–Crippen MR) is 154 cm³/mol. The Kier molecular flexibility index (Phi) is 8.83. The van der Waals surface area contributed by atoms with E-state index in [0.717, 1.165) is 11.1 Å². The highest BCUT2D eigenvalue weighted by Crippen LogP contribution is 2.16. The van der Waals surface area contributed by atoms with Crippen molar-refractivity contribution in [3.8, 4) is 5.75 Å². The van der Waals surface area contributed by atoms with Crippen LogP contribution in [0.25, 0.3) is 12.2 Å². The summed E-state index contributed by atoms with van der Waals surface area (Å²) in [6.45, 7) is 2.01. The van der Waals surface area contributed by atoms with Crippen LogP contribution in [0.3, 0.4) is 0 Å². The van der Waals surface area contributed by atoms with Crippen LogP contribution in [0.4, 0.5) is 5.69 Å². The summed E-state index contributed by atoms with van der Waals surface area (Å²) >= 11 is 0. The Labute approximate surface area is 227 Å². The number of hydrogen-bond donors (Lipinski definition) is 2. The van der Waals surface area contributed by atoms with E-state index in [9.17, 15) is 14.4 Å². The number of methoxy groups -OCH3 is 1. The number of ether oxygens (including phenoxy) is 1. The van der Waals surface area contributed by atoms with Gasteiger partial charge in [0.05, 0.1) is 7.11 Å². The Hall–Kier alpha value is -5.23. The maximum Gasteiger partial charge on any atom is 0.272 e. The number of aryl methyl sites for hydroxylation is 1. The van der Waals surface area contributed by atoms with Crippen molar-refractivity contribution >= 4 is 35.4 Å². The number of anilines is 1. The van der Waals surface area contributed by atoms with Crippen molar-refractivity contribution in [1.29, 1.82) is 0 Å². The maximum absolute atomic E-state index is 13.2. The topological polar surface area (TPSA) is 84.5 Å². The first-order valence-electron chi connectivity index (χ1n) is 12.3. The molecule has 0 aliphatic heterocycles. The predicted octanol–water partition coefficient (Wildman–Crippen LogP) is 6.31. The number of nitrogens with one attached hydrogen (secondary N) is 2. The molecule has 0 spiro atoms. The fraction of sp³-hybridized carbons (Fsp3) is 0.0606. The van der Waals surface area contributed by atoms with Gasteiger partial charge in [0.1, 0.15) is 11.4 Å². The summed E-state index contributed by atoms with van der Waals surface area (Å²) < 4.78 is 5.19. The standard InChI is InChI=1S/C33H28N2O4/c1-23-8-10-24(11-9-23)14-21-31(36)26-15-17-28(18-16-26)34-33(38)30(22-25-12-19-29(39-2)20-13-25)35-32(37)27-6-4-3-5-7-27/h3-22H,1-2H3,(H,34,38)(H,35,37)/b21-14+,30-22-. The van der Waals surface area contributed by atoms with E-state index in [1.165, 1.54) is 6.08 Å². The smallest absolute Gasteiger partial charge is 0.272 e. The Bertz CT molecular complexity index is 1500. The summed E-state index contributed by atoms with van der Waals surface area (Å²) in [5.74, 6) is -0.390. The summed E-state index contributed by atoms with van der Waals surface area (Å²) in [6.07, 6.45) is 4.87. The van der Waals surface area contributed by atoms with E-state index in [2.05, 4.69) is 10.6 Å². The van der Waals surface area contributed by atoms with Gasteiger partial charge in [-0.05, 0) is 78.7 Å². The van der Waals surface area contributed by atoms with Gasteiger partial charge >= 0.3 is 0 Å². The molecule has 4 aromatic carbocycles. The zero-order valence-electron chi connectivity index (χ0n) is 21.7. The minimum absolute atomic E-state index is 0.0650. The Morgan fingerprint density at radius 1 is 0.718 bits per heavy atom. The second-order valence-corrected chi connectivity index (χ2v) is 8.79. The van der Waals surface area contributed by atoms with Gasteiger partial charge in [-0.3, -0.25) is 14.4 Å². The van der Waals surface area contributed by atoms with Crippen LogP contribution in [0.15, 0.2) is 115 Å². The third-order valence-corrected chi connectivity index (χ3v) is 5.89. The lowest BCUT2D eigenvalue weighted by atomic mass is 10.1. The monoisotopic (exact) mass is 516 g/mol. The summed E-state index contributed by atoms with van der Waals surface area (Å²) in [5, 5.41) is 5.51. The molecule has 0 aliphatic carbocycles. The summed E-state index contributed by atoms with van der Waals surface area (Å²) in [5.41, 5.74) is 4.25. The molecule has 2 amide bonds. The molecule has 2 N–H and O–H groups in total. The van der Waals surface area contributed by atoms with Crippen molar-refractivity contribution in [2.75, 3.05) is 12.4 Å². The normalized spacial score (nSPS) is 11.2. The number of benzene rings is 4. The molecule has 0 heterocycles. The molecular weight excluding hydrogens is 488 g/mol. The number of rotatable bonds is 9. The average Bonchev–Trinajstić information content (AvgIpc) is 2.97. The van der Waals surface area contributed by atoms with Crippen LogP contribution in [0.5, 0.6) is 5.75 Å². The molecule has 0 radical (unpaired) electrons. The number of carbonyl (C=O) groups excluding carboxylic acids is 3. The second-order valence-electron chi connectivity index (χ2n) is 8.79. The van der Waals surface area contributed by atoms with E-state index in [4.69, 9.17) is 4.74 Å². The number of carbonyl (C=O) groups is 3. The quantitative estimate of drug-likeness (QED) is 0.202. The van der Waals surface area contributed by atoms with Gasteiger partial charge in [-0.25, -0.2) is 0 Å². The summed E-state index contributed by atoms with van der Waals surface area (Å²) in [6, 6.07) is 30.2. The molecule has 0 bridgehead atoms. The second kappa shape index (κ2) is 12.8. The molecule has 0 unspecified atom stereocenters. The number of amides is 2. The highest BCUT2D eigenvalue weighted by Gasteiger charge is 2.15. The molecule has 0 fully saturated rings. The van der Waals surface area contributed by atoms with Crippen molar-refractivity contribution in [3.63, 3.8) is 0 Å². The SMILES string of the molecule is COc1ccc(/C=C(\NC(=O)c2ccccc2)C(=O)Nc2ccc(C(=O)/C=C/c3ccc(C)cc3)cc2)cc1. The van der Waals surface area contributed by atoms with Gasteiger partial charge in [-0.1, -0.05) is 66.2 Å². The molecule has 194 valence electrons. The van der Waals surface area contributed by atoms with E-state index in [1.807, 2.05) is 37.3 Å². The fourth-order valence-electron chi connectivity index (χ4n) is 3.67. The van der Waals surface area contributed by atoms with E-state index in [1.54, 1.807) is 92.1 Å². The minimum Gasteiger partial charge on any atom is -0.497 e. The highest BCUT2D eigenvalue weighted by molar-refractivity contribution is 6.11. The maximum atomic E-state index is 13.2. The third-order valence-electron chi connectivity index (χ3n) is 5.89. The molecule has 0 atom stereocenters. The molecule has 4 aromatic rings. The van der Waals surface area contributed by atoms with Crippen molar-refractivity contribution in [2.24, 2.45) is 0 Å². The van der Waals surface area contributed by atoms with Crippen molar-refractivity contribution < 1.29 is 19.1 Å². The molecule has 0 saturated heterocycles. The first kappa shape index (κ1) is 26.8. The number of allylic oxidation sites excluding steroid dienone is 1. The van der Waals surface area contributed by atoms with Crippen LogP contribution in [0.1, 0.15) is 37.4 Å². The zero-order valence-corrected chi connectivity index (χ0v) is 21.7. The van der Waals surface area contributed by atoms with Gasteiger partial charge in [0.25, 0.3) is 11.8 Å². The van der Waals surface area contributed by atoms with Crippen molar-refractivity contribution in [3.05, 3.63) is 143 Å². The van der Waals surface area contributed by atoms with E-state index in [-0.39, 0.29) is 11.5 Å². The lowest BCUT2D eigenvalue weighted by Crippen LogP contribution is -2.30. The average molecular weight is 517 g/mol. The third kappa shape index (κ3) is 7.63. The molecular formula is C33H28N2O4. The first-order valence-corrected chi connectivity index (χ1v) is 12.3. The summed E-state index contributed by atoms with van der Waals surface area (Å²) in [4.78, 5) is 38.6. The molecule has 4 rings (SSSR count). The Morgan fingerprint density at radius 2 is 1.36 bits per heavy atom. The molecule has 0 aromatic heterocycles. The lowest BCUT2D eigenvalue weighted by Gasteiger charge is -2.12. The van der Waals surface area contributed by atoms with E-state index >= 15 is 0 Å². The lowest BCUT2D eigenvalue weighted by molar-refractivity contribution is -0.113. The largest absolute Gasteiger partial charge is 0.497 e. The first-order chi connectivity index (χ1) is 18.9. The summed E-state index contributed by atoms with van der Waals surface area (Å²) in [7, 11) is 1.57. The van der Waals surface area contributed by atoms with Gasteiger partial charge in [0, 0.05) is 16.8 Å². The van der Waals surface area contributed by atoms with Crippen LogP contribution < -0.4 is 15.4 Å². The zero-order chi connectivity index (χ0) is 27.6. The molecule has 39 heavy (non-hydrogen) atoms. The van der Waals surface area contributed by atoms with Gasteiger partial charge in [-0.15, -0.1) is 0 Å². The Balaban J connectivity index is 1.49. The van der Waals surface area contributed by atoms with Gasteiger partial charge in [0.15, 0.2) is 5.78 Å². The van der Waals surface area contributed by atoms with E-state index < -0.39 is 11.8 Å². The van der Waals surface area contributed by atoms with Crippen molar-refractivity contribution in [2.45, 2.75) is 6.92 Å². The molecule has 0 aliphatic rings. The van der Waals surface area contributed by atoms with Crippen LogP contribution >= 0.6 is 0 Å².